The van der Waals surface area contributed by atoms with E-state index in [1.165, 1.54) is 0 Å². The number of hydrogen-bond donors (Lipinski definition) is 2. The fourth-order valence-electron chi connectivity index (χ4n) is 4.13. The number of rotatable bonds is 4. The molecule has 3 aromatic rings. The van der Waals surface area contributed by atoms with Crippen LogP contribution in [0.5, 0.6) is 5.75 Å². The van der Waals surface area contributed by atoms with Crippen LogP contribution in [-0.4, -0.2) is 37.9 Å². The van der Waals surface area contributed by atoms with E-state index in [1.54, 1.807) is 12.3 Å². The third kappa shape index (κ3) is 2.73. The number of nitrogens with one attached hydrogen (secondary N) is 1. The van der Waals surface area contributed by atoms with Gasteiger partial charge in [-0.05, 0) is 54.0 Å². The summed E-state index contributed by atoms with van der Waals surface area (Å²) in [5.74, 6) is 1.21. The van der Waals surface area contributed by atoms with Crippen LogP contribution in [0, 0.1) is 11.3 Å². The van der Waals surface area contributed by atoms with Crippen LogP contribution >= 0.6 is 0 Å². The van der Waals surface area contributed by atoms with Gasteiger partial charge in [0.2, 0.25) is 0 Å². The lowest BCUT2D eigenvalue weighted by Gasteiger charge is -2.54. The first-order valence-corrected chi connectivity index (χ1v) is 9.20. The molecule has 1 aromatic carbocycles. The second kappa shape index (κ2) is 6.03. The summed E-state index contributed by atoms with van der Waals surface area (Å²) >= 11 is 0. The summed E-state index contributed by atoms with van der Waals surface area (Å²) < 4.78 is 1.93. The smallest absolute Gasteiger partial charge is 0.177 e. The van der Waals surface area contributed by atoms with Crippen molar-refractivity contribution in [3.63, 3.8) is 0 Å². The van der Waals surface area contributed by atoms with E-state index in [0.29, 0.717) is 28.4 Å². The molecule has 27 heavy (non-hydrogen) atoms. The lowest BCUT2D eigenvalue weighted by atomic mass is 9.57. The molecule has 6 heteroatoms. The van der Waals surface area contributed by atoms with Crippen molar-refractivity contribution in [3.8, 4) is 22.7 Å². The van der Waals surface area contributed by atoms with Crippen LogP contribution in [0.3, 0.4) is 0 Å². The Morgan fingerprint density at radius 3 is 2.56 bits per heavy atom. The summed E-state index contributed by atoms with van der Waals surface area (Å²) in [6.07, 6.45) is 7.84. The number of phenols is 1. The molecule has 2 fully saturated rings. The van der Waals surface area contributed by atoms with Gasteiger partial charge < -0.3 is 15.0 Å². The van der Waals surface area contributed by atoms with Crippen LogP contribution in [0.1, 0.15) is 18.7 Å². The SMILES string of the molecule is C=C(c1ncc(-c2ccc(-n3cccc3)cc2O)nn1)C1CC2(CNC2)C1. The highest BCUT2D eigenvalue weighted by Gasteiger charge is 2.49. The number of hydrogen-bond acceptors (Lipinski definition) is 5. The summed E-state index contributed by atoms with van der Waals surface area (Å²) in [5.41, 5.74) is 3.52. The molecule has 1 saturated carbocycles. The van der Waals surface area contributed by atoms with Gasteiger partial charge in [0, 0.05) is 42.8 Å². The fourth-order valence-corrected chi connectivity index (χ4v) is 4.13. The number of nitrogens with zero attached hydrogens (tertiary/aromatic N) is 4. The molecule has 1 aliphatic carbocycles. The molecule has 1 aliphatic heterocycles. The van der Waals surface area contributed by atoms with Crippen molar-refractivity contribution in [2.24, 2.45) is 11.3 Å². The molecule has 6 nitrogen and oxygen atoms in total. The highest BCUT2D eigenvalue weighted by atomic mass is 16.3. The lowest BCUT2D eigenvalue weighted by Crippen LogP contribution is -2.60. The molecule has 2 N–H and O–H groups in total. The summed E-state index contributed by atoms with van der Waals surface area (Å²) in [4.78, 5) is 4.46. The van der Waals surface area contributed by atoms with E-state index in [0.717, 1.165) is 37.2 Å². The molecule has 2 aliphatic rings. The standard InChI is InChI=1S/C21H21N5O/c1-14(15-9-21(10-15)12-22-13-21)20-23-11-18(24-25-20)17-5-4-16(8-19(17)27)26-6-2-3-7-26/h2-8,11,15,22,27H,1,9-10,12-13H2. The van der Waals surface area contributed by atoms with Crippen molar-refractivity contribution in [2.45, 2.75) is 12.8 Å². The highest BCUT2D eigenvalue weighted by Crippen LogP contribution is 2.52. The molecule has 3 heterocycles. The third-order valence-corrected chi connectivity index (χ3v) is 5.86. The Labute approximate surface area is 157 Å². The largest absolute Gasteiger partial charge is 0.507 e. The lowest BCUT2D eigenvalue weighted by molar-refractivity contribution is 0.0266. The summed E-state index contributed by atoms with van der Waals surface area (Å²) in [5, 5.41) is 22.3. The zero-order valence-electron chi connectivity index (χ0n) is 15.0. The molecule has 1 saturated heterocycles. The molecular formula is C21H21N5O. The van der Waals surface area contributed by atoms with Crippen LogP contribution in [0.25, 0.3) is 22.5 Å². The molecule has 0 amide bonds. The normalized spacial score (nSPS) is 18.1. The van der Waals surface area contributed by atoms with Crippen LogP contribution in [0.15, 0.2) is 55.5 Å². The molecule has 0 radical (unpaired) electrons. The summed E-state index contributed by atoms with van der Waals surface area (Å²) in [6, 6.07) is 9.37. The number of aromatic nitrogens is 4. The Hall–Kier alpha value is -2.99. The second-order valence-electron chi connectivity index (χ2n) is 7.69. The molecule has 5 rings (SSSR count). The maximum Gasteiger partial charge on any atom is 0.177 e. The first-order chi connectivity index (χ1) is 13.1. The van der Waals surface area contributed by atoms with E-state index < -0.39 is 0 Å². The monoisotopic (exact) mass is 359 g/mol. The van der Waals surface area contributed by atoms with E-state index in [-0.39, 0.29) is 5.75 Å². The minimum absolute atomic E-state index is 0.155. The maximum atomic E-state index is 10.4. The van der Waals surface area contributed by atoms with Gasteiger partial charge in [-0.2, -0.15) is 0 Å². The highest BCUT2D eigenvalue weighted by molar-refractivity contribution is 5.68. The van der Waals surface area contributed by atoms with Gasteiger partial charge in [-0.3, -0.25) is 0 Å². The Morgan fingerprint density at radius 2 is 1.96 bits per heavy atom. The number of aromatic hydroxyl groups is 1. The quantitative estimate of drug-likeness (QED) is 0.749. The number of allylic oxidation sites excluding steroid dienone is 1. The minimum atomic E-state index is 0.155. The van der Waals surface area contributed by atoms with Crippen LogP contribution < -0.4 is 5.32 Å². The predicted molar refractivity (Wildman–Crippen MR) is 103 cm³/mol. The van der Waals surface area contributed by atoms with Crippen molar-refractivity contribution in [2.75, 3.05) is 13.1 Å². The van der Waals surface area contributed by atoms with E-state index in [2.05, 4.69) is 27.1 Å². The van der Waals surface area contributed by atoms with E-state index in [4.69, 9.17) is 0 Å². The van der Waals surface area contributed by atoms with Gasteiger partial charge in [0.25, 0.3) is 0 Å². The Kier molecular flexibility index (Phi) is 3.62. The van der Waals surface area contributed by atoms with Crippen molar-refractivity contribution < 1.29 is 5.11 Å². The minimum Gasteiger partial charge on any atom is -0.507 e. The average molecular weight is 359 g/mol. The topological polar surface area (TPSA) is 75.9 Å². The zero-order chi connectivity index (χ0) is 18.4. The molecular weight excluding hydrogens is 338 g/mol. The molecule has 2 aromatic heterocycles. The van der Waals surface area contributed by atoms with Gasteiger partial charge >= 0.3 is 0 Å². The predicted octanol–water partition coefficient (Wildman–Crippen LogP) is 3.05. The average Bonchev–Trinajstić information content (AvgIpc) is 3.14. The van der Waals surface area contributed by atoms with Gasteiger partial charge in [-0.1, -0.05) is 6.58 Å². The van der Waals surface area contributed by atoms with E-state index in [9.17, 15) is 5.11 Å². The molecule has 136 valence electrons. The first-order valence-electron chi connectivity index (χ1n) is 9.20. The van der Waals surface area contributed by atoms with Crippen molar-refractivity contribution in [3.05, 3.63) is 61.3 Å². The van der Waals surface area contributed by atoms with Crippen LogP contribution in [-0.2, 0) is 0 Å². The van der Waals surface area contributed by atoms with Crippen molar-refractivity contribution in [1.82, 2.24) is 25.1 Å². The Morgan fingerprint density at radius 1 is 1.19 bits per heavy atom. The van der Waals surface area contributed by atoms with Gasteiger partial charge in [-0.25, -0.2) is 4.98 Å². The molecule has 0 bridgehead atoms. The van der Waals surface area contributed by atoms with Gasteiger partial charge in [-0.15, -0.1) is 10.2 Å². The van der Waals surface area contributed by atoms with Crippen LogP contribution in [0.4, 0.5) is 0 Å². The fraction of sp³-hybridized carbons (Fsp3) is 0.286. The van der Waals surface area contributed by atoms with Gasteiger partial charge in [0.15, 0.2) is 5.82 Å². The Bertz CT molecular complexity index is 982. The van der Waals surface area contributed by atoms with Crippen molar-refractivity contribution >= 4 is 5.57 Å². The van der Waals surface area contributed by atoms with Gasteiger partial charge in [0.1, 0.15) is 11.4 Å². The Balaban J connectivity index is 1.33. The molecule has 0 unspecified atom stereocenters. The number of benzene rings is 1. The zero-order valence-corrected chi connectivity index (χ0v) is 15.0. The summed E-state index contributed by atoms with van der Waals surface area (Å²) in [6.45, 7) is 6.43. The van der Waals surface area contributed by atoms with E-state index >= 15 is 0 Å². The second-order valence-corrected chi connectivity index (χ2v) is 7.69. The molecule has 0 atom stereocenters. The van der Waals surface area contributed by atoms with Gasteiger partial charge in [0.05, 0.1) is 6.20 Å². The first kappa shape index (κ1) is 16.2. The van der Waals surface area contributed by atoms with E-state index in [1.807, 2.05) is 41.2 Å². The summed E-state index contributed by atoms with van der Waals surface area (Å²) in [7, 11) is 0. The van der Waals surface area contributed by atoms with Crippen molar-refractivity contribution in [1.29, 1.82) is 0 Å². The number of phenolic OH excluding ortho intramolecular Hbond substituents is 1. The molecule has 1 spiro atoms. The van der Waals surface area contributed by atoms with Crippen LogP contribution in [0.2, 0.25) is 0 Å². The third-order valence-electron chi connectivity index (χ3n) is 5.86. The maximum absolute atomic E-state index is 10.4.